The predicted octanol–water partition coefficient (Wildman–Crippen LogP) is 4.98. The van der Waals surface area contributed by atoms with Gasteiger partial charge in [-0.1, -0.05) is 24.6 Å². The zero-order valence-corrected chi connectivity index (χ0v) is 15.1. The van der Waals surface area contributed by atoms with Crippen molar-refractivity contribution in [1.82, 2.24) is 4.52 Å². The van der Waals surface area contributed by atoms with E-state index in [1.807, 2.05) is 30.5 Å². The second-order valence-corrected chi connectivity index (χ2v) is 7.43. The van der Waals surface area contributed by atoms with E-state index in [9.17, 15) is 8.78 Å². The molecule has 1 aliphatic heterocycles. The molecule has 0 saturated carbocycles. The Hall–Kier alpha value is -2.23. The number of rotatable bonds is 2. The topological polar surface area (TPSA) is 8.29 Å². The molecule has 2 nitrogen and oxygen atoms in total. The molecule has 130 valence electrons. The van der Waals surface area contributed by atoms with Crippen molar-refractivity contribution < 1.29 is 13.5 Å². The minimum absolute atomic E-state index is 0.307. The third-order valence-corrected chi connectivity index (χ3v) is 6.56. The zero-order valence-electron chi connectivity index (χ0n) is 15.1. The lowest BCUT2D eigenvalue weighted by Gasteiger charge is -2.44. The van der Waals surface area contributed by atoms with Crippen molar-refractivity contribution in [3.05, 3.63) is 59.8 Å². The zero-order chi connectivity index (χ0) is 18.0. The van der Waals surface area contributed by atoms with Gasteiger partial charge in [0.1, 0.15) is 17.2 Å². The Morgan fingerprint density at radius 3 is 2.48 bits per heavy atom. The lowest BCUT2D eigenvalue weighted by molar-refractivity contribution is -0.820. The Bertz CT molecular complexity index is 991. The molecule has 2 aromatic heterocycles. The standard InChI is InChI=1S/C21H23F2N2/c1-5-20(3)16-11-14(22)12-17(23)19(16)18-13-15-9-7-8-10-24(15)25(18)21(20,4)6-2/h7-13H,5-6H2,1-4H3/q+1. The first kappa shape index (κ1) is 16.2. The number of hydrogen-bond acceptors (Lipinski definition) is 0. The number of pyridine rings is 1. The number of hydrogen-bond donors (Lipinski definition) is 0. The van der Waals surface area contributed by atoms with E-state index in [1.54, 1.807) is 0 Å². The van der Waals surface area contributed by atoms with Gasteiger partial charge in [-0.15, -0.1) is 4.52 Å². The highest BCUT2D eigenvalue weighted by atomic mass is 19.1. The summed E-state index contributed by atoms with van der Waals surface area (Å²) in [5.41, 5.74) is 2.43. The Balaban J connectivity index is 2.24. The monoisotopic (exact) mass is 341 g/mol. The van der Waals surface area contributed by atoms with E-state index in [2.05, 4.69) is 36.9 Å². The highest BCUT2D eigenvalue weighted by Crippen LogP contribution is 2.50. The van der Waals surface area contributed by atoms with E-state index in [-0.39, 0.29) is 11.0 Å². The molecule has 2 unspecified atom stereocenters. The number of halogens is 2. The average molecular weight is 341 g/mol. The summed E-state index contributed by atoms with van der Waals surface area (Å²) in [6.07, 6.45) is 3.66. The van der Waals surface area contributed by atoms with Crippen LogP contribution in [-0.4, -0.2) is 4.52 Å². The molecule has 25 heavy (non-hydrogen) atoms. The van der Waals surface area contributed by atoms with Crippen LogP contribution in [0.2, 0.25) is 0 Å². The molecular weight excluding hydrogens is 318 g/mol. The van der Waals surface area contributed by atoms with Crippen LogP contribution in [0.3, 0.4) is 0 Å². The smallest absolute Gasteiger partial charge is 0.207 e. The maximum atomic E-state index is 14.9. The first-order valence-electron chi connectivity index (χ1n) is 8.90. The van der Waals surface area contributed by atoms with E-state index in [1.165, 1.54) is 6.07 Å². The summed E-state index contributed by atoms with van der Waals surface area (Å²) >= 11 is 0. The molecule has 2 atom stereocenters. The van der Waals surface area contributed by atoms with Gasteiger partial charge in [0.15, 0.2) is 5.54 Å². The molecule has 0 amide bonds. The fourth-order valence-electron chi connectivity index (χ4n) is 4.65. The van der Waals surface area contributed by atoms with Crippen LogP contribution < -0.4 is 4.68 Å². The SMILES string of the molecule is CCC1(C)c2cc(F)cc(F)c2-c2cc3ccccn3[n+]2C1(C)CC. The van der Waals surface area contributed by atoms with Gasteiger partial charge in [-0.2, -0.15) is 0 Å². The van der Waals surface area contributed by atoms with Gasteiger partial charge in [0.25, 0.3) is 0 Å². The molecule has 4 rings (SSSR count). The second kappa shape index (κ2) is 5.13. The Morgan fingerprint density at radius 1 is 1.04 bits per heavy atom. The minimum atomic E-state index is -0.508. The summed E-state index contributed by atoms with van der Waals surface area (Å²) in [4.78, 5) is 0. The molecule has 1 aliphatic rings. The van der Waals surface area contributed by atoms with E-state index < -0.39 is 11.6 Å². The summed E-state index contributed by atoms with van der Waals surface area (Å²) < 4.78 is 33.3. The van der Waals surface area contributed by atoms with Crippen LogP contribution in [0, 0.1) is 11.6 Å². The molecular formula is C21H23F2N2+. The third kappa shape index (κ3) is 1.85. The molecule has 0 N–H and O–H groups in total. The largest absolute Gasteiger partial charge is 0.243 e. The van der Waals surface area contributed by atoms with Gasteiger partial charge in [0.2, 0.25) is 5.69 Å². The number of nitrogens with zero attached hydrogens (tertiary/aromatic N) is 2. The quantitative estimate of drug-likeness (QED) is 0.581. The first-order chi connectivity index (χ1) is 11.9. The van der Waals surface area contributed by atoms with E-state index in [4.69, 9.17) is 0 Å². The molecule has 0 fully saturated rings. The van der Waals surface area contributed by atoms with Crippen molar-refractivity contribution in [3.8, 4) is 11.3 Å². The Morgan fingerprint density at radius 2 is 1.80 bits per heavy atom. The molecule has 0 aliphatic carbocycles. The number of benzene rings is 1. The summed E-state index contributed by atoms with van der Waals surface area (Å²) in [5.74, 6) is -0.996. The van der Waals surface area contributed by atoms with E-state index in [0.29, 0.717) is 5.56 Å². The summed E-state index contributed by atoms with van der Waals surface area (Å²) in [7, 11) is 0. The van der Waals surface area contributed by atoms with Gasteiger partial charge in [-0.05, 0) is 37.1 Å². The van der Waals surface area contributed by atoms with Crippen LogP contribution in [-0.2, 0) is 11.0 Å². The maximum absolute atomic E-state index is 14.9. The van der Waals surface area contributed by atoms with Crippen LogP contribution >= 0.6 is 0 Å². The van der Waals surface area contributed by atoms with Crippen LogP contribution in [0.5, 0.6) is 0 Å². The number of aromatic nitrogens is 2. The second-order valence-electron chi connectivity index (χ2n) is 7.43. The lowest BCUT2D eigenvalue weighted by atomic mass is 9.61. The van der Waals surface area contributed by atoms with Crippen molar-refractivity contribution in [2.45, 2.75) is 51.5 Å². The normalized spacial score (nSPS) is 25.0. The van der Waals surface area contributed by atoms with Crippen LogP contribution in [0.1, 0.15) is 46.1 Å². The average Bonchev–Trinajstić information content (AvgIpc) is 2.98. The maximum Gasteiger partial charge on any atom is 0.243 e. The van der Waals surface area contributed by atoms with Gasteiger partial charge in [0, 0.05) is 25.5 Å². The Labute approximate surface area is 146 Å². The molecule has 1 aromatic carbocycles. The van der Waals surface area contributed by atoms with Gasteiger partial charge >= 0.3 is 0 Å². The lowest BCUT2D eigenvalue weighted by Crippen LogP contribution is -2.69. The van der Waals surface area contributed by atoms with Gasteiger partial charge < -0.3 is 0 Å². The fraction of sp³-hybridized carbons (Fsp3) is 0.381. The van der Waals surface area contributed by atoms with E-state index >= 15 is 0 Å². The van der Waals surface area contributed by atoms with Crippen LogP contribution in [0.15, 0.2) is 42.6 Å². The van der Waals surface area contributed by atoms with E-state index in [0.717, 1.165) is 35.7 Å². The van der Waals surface area contributed by atoms with Gasteiger partial charge in [-0.3, -0.25) is 0 Å². The molecule has 3 aromatic rings. The fourth-order valence-corrected chi connectivity index (χ4v) is 4.65. The highest BCUT2D eigenvalue weighted by molar-refractivity contribution is 5.70. The van der Waals surface area contributed by atoms with Crippen molar-refractivity contribution in [2.24, 2.45) is 0 Å². The predicted molar refractivity (Wildman–Crippen MR) is 94.5 cm³/mol. The molecule has 0 saturated heterocycles. The summed E-state index contributed by atoms with van der Waals surface area (Å²) in [5, 5.41) is 0. The van der Waals surface area contributed by atoms with Crippen LogP contribution in [0.4, 0.5) is 8.78 Å². The number of fused-ring (bicyclic) bond motifs is 5. The van der Waals surface area contributed by atoms with Gasteiger partial charge in [-0.25, -0.2) is 8.78 Å². The molecule has 0 radical (unpaired) electrons. The Kier molecular flexibility index (Phi) is 3.34. The first-order valence-corrected chi connectivity index (χ1v) is 8.90. The van der Waals surface area contributed by atoms with Crippen LogP contribution in [0.25, 0.3) is 16.8 Å². The molecule has 0 spiro atoms. The molecule has 3 heterocycles. The van der Waals surface area contributed by atoms with Crippen molar-refractivity contribution in [3.63, 3.8) is 0 Å². The van der Waals surface area contributed by atoms with Crippen molar-refractivity contribution in [2.75, 3.05) is 0 Å². The summed E-state index contributed by atoms with van der Waals surface area (Å²) in [6.45, 7) is 8.58. The van der Waals surface area contributed by atoms with Crippen molar-refractivity contribution >= 4 is 5.52 Å². The molecule has 0 bridgehead atoms. The molecule has 4 heteroatoms. The minimum Gasteiger partial charge on any atom is -0.207 e. The third-order valence-electron chi connectivity index (χ3n) is 6.56. The van der Waals surface area contributed by atoms with Gasteiger partial charge in [0.05, 0.1) is 17.2 Å². The highest BCUT2D eigenvalue weighted by Gasteiger charge is 2.59. The van der Waals surface area contributed by atoms with Crippen molar-refractivity contribution in [1.29, 1.82) is 0 Å². The summed E-state index contributed by atoms with van der Waals surface area (Å²) in [6, 6.07) is 10.5.